The molecule has 1 aliphatic heterocycles. The van der Waals surface area contributed by atoms with Crippen LogP contribution in [0.5, 0.6) is 0 Å². The third-order valence-electron chi connectivity index (χ3n) is 4.43. The number of hydrogen-bond donors (Lipinski definition) is 2. The zero-order valence-corrected chi connectivity index (χ0v) is 14.1. The number of amides is 2. The Balaban J connectivity index is 1.87. The maximum Gasteiger partial charge on any atom is 0.253 e. The third-order valence-corrected chi connectivity index (χ3v) is 4.43. The number of carbonyl (C=O) groups excluding carboxylic acids is 2. The Bertz CT molecular complexity index is 539. The van der Waals surface area contributed by atoms with Crippen molar-refractivity contribution in [2.45, 2.75) is 26.2 Å². The quantitative estimate of drug-likeness (QED) is 0.842. The average Bonchev–Trinajstić information content (AvgIpc) is 2.61. The van der Waals surface area contributed by atoms with Gasteiger partial charge in [-0.05, 0) is 63.4 Å². The van der Waals surface area contributed by atoms with E-state index in [9.17, 15) is 9.59 Å². The summed E-state index contributed by atoms with van der Waals surface area (Å²) in [6, 6.07) is 6.93. The van der Waals surface area contributed by atoms with Crippen molar-refractivity contribution < 1.29 is 9.59 Å². The van der Waals surface area contributed by atoms with Crippen molar-refractivity contribution in [3.8, 4) is 0 Å². The SMILES string of the molecule is CCN(C)C(=O)c1cccc(C(=O)NCCC2CCCNC2)c1. The second kappa shape index (κ2) is 8.67. The van der Waals surface area contributed by atoms with Gasteiger partial charge in [0.25, 0.3) is 11.8 Å². The topological polar surface area (TPSA) is 61.4 Å². The van der Waals surface area contributed by atoms with Crippen molar-refractivity contribution in [2.24, 2.45) is 5.92 Å². The van der Waals surface area contributed by atoms with Gasteiger partial charge in [-0.25, -0.2) is 0 Å². The molecular weight excluding hydrogens is 290 g/mol. The van der Waals surface area contributed by atoms with Crippen LogP contribution in [0, 0.1) is 5.92 Å². The molecule has 1 aromatic carbocycles. The molecule has 1 unspecified atom stereocenters. The number of nitrogens with one attached hydrogen (secondary N) is 2. The van der Waals surface area contributed by atoms with E-state index in [0.29, 0.717) is 30.1 Å². The van der Waals surface area contributed by atoms with Crippen molar-refractivity contribution in [3.63, 3.8) is 0 Å². The maximum absolute atomic E-state index is 12.2. The van der Waals surface area contributed by atoms with E-state index < -0.39 is 0 Å². The minimum absolute atomic E-state index is 0.0598. The Hall–Kier alpha value is -1.88. The van der Waals surface area contributed by atoms with Crippen LogP contribution in [0.2, 0.25) is 0 Å². The molecule has 1 aliphatic rings. The van der Waals surface area contributed by atoms with Crippen LogP contribution in [0.25, 0.3) is 0 Å². The van der Waals surface area contributed by atoms with E-state index in [2.05, 4.69) is 10.6 Å². The molecule has 0 radical (unpaired) electrons. The monoisotopic (exact) mass is 317 g/mol. The van der Waals surface area contributed by atoms with E-state index in [1.807, 2.05) is 6.92 Å². The van der Waals surface area contributed by atoms with E-state index in [-0.39, 0.29) is 11.8 Å². The number of rotatable bonds is 6. The molecule has 0 aliphatic carbocycles. The van der Waals surface area contributed by atoms with Gasteiger partial charge >= 0.3 is 0 Å². The smallest absolute Gasteiger partial charge is 0.253 e. The number of hydrogen-bond acceptors (Lipinski definition) is 3. The van der Waals surface area contributed by atoms with Gasteiger partial charge in [0, 0.05) is 31.3 Å². The van der Waals surface area contributed by atoms with E-state index in [1.54, 1.807) is 36.2 Å². The summed E-state index contributed by atoms with van der Waals surface area (Å²) >= 11 is 0. The van der Waals surface area contributed by atoms with Crippen molar-refractivity contribution in [1.29, 1.82) is 0 Å². The van der Waals surface area contributed by atoms with Crippen LogP contribution in [0.1, 0.15) is 46.9 Å². The molecule has 0 aromatic heterocycles. The fourth-order valence-corrected chi connectivity index (χ4v) is 2.82. The van der Waals surface area contributed by atoms with Crippen molar-refractivity contribution in [3.05, 3.63) is 35.4 Å². The van der Waals surface area contributed by atoms with Gasteiger partial charge in [-0.15, -0.1) is 0 Å². The van der Waals surface area contributed by atoms with E-state index in [1.165, 1.54) is 12.8 Å². The minimum atomic E-state index is -0.109. The summed E-state index contributed by atoms with van der Waals surface area (Å²) in [7, 11) is 1.76. The Morgan fingerprint density at radius 2 is 2.13 bits per heavy atom. The average molecular weight is 317 g/mol. The highest BCUT2D eigenvalue weighted by molar-refractivity contribution is 5.99. The minimum Gasteiger partial charge on any atom is -0.352 e. The predicted molar refractivity (Wildman–Crippen MR) is 91.6 cm³/mol. The second-order valence-electron chi connectivity index (χ2n) is 6.16. The standard InChI is InChI=1S/C18H27N3O2/c1-3-21(2)18(23)16-8-4-7-15(12-16)17(22)20-11-9-14-6-5-10-19-13-14/h4,7-8,12,14,19H,3,5-6,9-11,13H2,1-2H3,(H,20,22). The molecule has 1 aromatic rings. The van der Waals surface area contributed by atoms with Crippen LogP contribution in [-0.2, 0) is 0 Å². The highest BCUT2D eigenvalue weighted by Gasteiger charge is 2.15. The molecule has 5 nitrogen and oxygen atoms in total. The first-order valence-electron chi connectivity index (χ1n) is 8.46. The highest BCUT2D eigenvalue weighted by Crippen LogP contribution is 2.13. The predicted octanol–water partition coefficient (Wildman–Crippen LogP) is 1.90. The molecular formula is C18H27N3O2. The van der Waals surface area contributed by atoms with Gasteiger partial charge in [-0.2, -0.15) is 0 Å². The largest absolute Gasteiger partial charge is 0.352 e. The zero-order chi connectivity index (χ0) is 16.7. The summed E-state index contributed by atoms with van der Waals surface area (Å²) in [6.45, 7) is 5.40. The zero-order valence-electron chi connectivity index (χ0n) is 14.1. The first-order chi connectivity index (χ1) is 11.1. The number of carbonyl (C=O) groups is 2. The van der Waals surface area contributed by atoms with Gasteiger partial charge in [-0.3, -0.25) is 9.59 Å². The molecule has 0 saturated carbocycles. The molecule has 0 spiro atoms. The van der Waals surface area contributed by atoms with Crippen molar-refractivity contribution >= 4 is 11.8 Å². The summed E-state index contributed by atoms with van der Waals surface area (Å²) < 4.78 is 0. The molecule has 1 atom stereocenters. The Labute approximate surface area is 138 Å². The third kappa shape index (κ3) is 5.06. The molecule has 126 valence electrons. The Morgan fingerprint density at radius 3 is 2.83 bits per heavy atom. The lowest BCUT2D eigenvalue weighted by molar-refractivity contribution is 0.0802. The molecule has 2 N–H and O–H groups in total. The summed E-state index contributed by atoms with van der Waals surface area (Å²) in [5.41, 5.74) is 1.10. The van der Waals surface area contributed by atoms with Gasteiger partial charge in [0.15, 0.2) is 0 Å². The fourth-order valence-electron chi connectivity index (χ4n) is 2.82. The molecule has 1 heterocycles. The molecule has 0 bridgehead atoms. The second-order valence-corrected chi connectivity index (χ2v) is 6.16. The van der Waals surface area contributed by atoms with Gasteiger partial charge in [-0.1, -0.05) is 6.07 Å². The molecule has 1 fully saturated rings. The number of benzene rings is 1. The van der Waals surface area contributed by atoms with E-state index >= 15 is 0 Å². The number of piperidine rings is 1. The highest BCUT2D eigenvalue weighted by atomic mass is 16.2. The van der Waals surface area contributed by atoms with Crippen molar-refractivity contribution in [1.82, 2.24) is 15.5 Å². The summed E-state index contributed by atoms with van der Waals surface area (Å²) in [4.78, 5) is 26.0. The maximum atomic E-state index is 12.2. The van der Waals surface area contributed by atoms with Crippen LogP contribution in [-0.4, -0.2) is 49.9 Å². The van der Waals surface area contributed by atoms with Crippen LogP contribution < -0.4 is 10.6 Å². The summed E-state index contributed by atoms with van der Waals surface area (Å²) in [5.74, 6) is 0.480. The van der Waals surface area contributed by atoms with Gasteiger partial charge in [0.2, 0.25) is 0 Å². The van der Waals surface area contributed by atoms with Crippen LogP contribution in [0.4, 0.5) is 0 Å². The number of nitrogens with zero attached hydrogens (tertiary/aromatic N) is 1. The van der Waals surface area contributed by atoms with Crippen molar-refractivity contribution in [2.75, 3.05) is 33.2 Å². The van der Waals surface area contributed by atoms with E-state index in [0.717, 1.165) is 19.5 Å². The lowest BCUT2D eigenvalue weighted by Crippen LogP contribution is -2.33. The Kier molecular flexibility index (Phi) is 6.59. The van der Waals surface area contributed by atoms with Gasteiger partial charge in [0.05, 0.1) is 0 Å². The Morgan fingerprint density at radius 1 is 1.35 bits per heavy atom. The summed E-state index contributed by atoms with van der Waals surface area (Å²) in [5, 5.41) is 6.35. The first kappa shape index (κ1) is 17.5. The van der Waals surface area contributed by atoms with Crippen LogP contribution in [0.15, 0.2) is 24.3 Å². The fraction of sp³-hybridized carbons (Fsp3) is 0.556. The normalized spacial score (nSPS) is 17.6. The lowest BCUT2D eigenvalue weighted by Gasteiger charge is -2.22. The lowest BCUT2D eigenvalue weighted by atomic mass is 9.96. The van der Waals surface area contributed by atoms with Gasteiger partial charge < -0.3 is 15.5 Å². The van der Waals surface area contributed by atoms with Crippen LogP contribution >= 0.6 is 0 Å². The molecule has 2 amide bonds. The van der Waals surface area contributed by atoms with Crippen LogP contribution in [0.3, 0.4) is 0 Å². The molecule has 23 heavy (non-hydrogen) atoms. The van der Waals surface area contributed by atoms with E-state index in [4.69, 9.17) is 0 Å². The first-order valence-corrected chi connectivity index (χ1v) is 8.46. The molecule has 1 saturated heterocycles. The molecule has 5 heteroatoms. The summed E-state index contributed by atoms with van der Waals surface area (Å²) in [6.07, 6.45) is 3.44. The molecule has 2 rings (SSSR count). The van der Waals surface area contributed by atoms with Gasteiger partial charge in [0.1, 0.15) is 0 Å².